The van der Waals surface area contributed by atoms with Gasteiger partial charge < -0.3 is 0 Å². The molecule has 0 aliphatic heterocycles. The van der Waals surface area contributed by atoms with Crippen LogP contribution in [0.5, 0.6) is 0 Å². The summed E-state index contributed by atoms with van der Waals surface area (Å²) in [5.74, 6) is -2.36. The quantitative estimate of drug-likeness (QED) is 0.739. The van der Waals surface area contributed by atoms with Crippen LogP contribution in [0.15, 0.2) is 0 Å². The zero-order valence-electron chi connectivity index (χ0n) is 8.04. The average Bonchev–Trinajstić information content (AvgIpc) is 2.64. The molecule has 1 aromatic rings. The molecule has 0 saturated heterocycles. The highest BCUT2D eigenvalue weighted by Crippen LogP contribution is 2.41. The first-order chi connectivity index (χ1) is 7.15. The molecule has 4 nitrogen and oxygen atoms in total. The minimum atomic E-state index is -2.73. The van der Waals surface area contributed by atoms with Crippen LogP contribution in [0, 0.1) is 0 Å². The first kappa shape index (κ1) is 10.7. The van der Waals surface area contributed by atoms with Gasteiger partial charge in [-0.05, 0) is 23.3 Å². The zero-order chi connectivity index (χ0) is 10.9. The van der Waals surface area contributed by atoms with E-state index in [0.29, 0.717) is 18.7 Å². The molecule has 1 saturated carbocycles. The SMILES string of the molecule is FC1(F)CCCCC1n1nnnc1CCl. The Morgan fingerprint density at radius 3 is 2.93 bits per heavy atom. The van der Waals surface area contributed by atoms with Crippen LogP contribution in [0.3, 0.4) is 0 Å². The first-order valence-corrected chi connectivity index (χ1v) is 5.39. The molecule has 2 rings (SSSR count). The van der Waals surface area contributed by atoms with Gasteiger partial charge in [0.15, 0.2) is 5.82 Å². The van der Waals surface area contributed by atoms with Gasteiger partial charge in [-0.1, -0.05) is 6.42 Å². The summed E-state index contributed by atoms with van der Waals surface area (Å²) in [6.45, 7) is 0. The Bertz CT molecular complexity index is 341. The molecular formula is C8H11ClF2N4. The number of rotatable bonds is 2. The summed E-state index contributed by atoms with van der Waals surface area (Å²) in [4.78, 5) is 0. The molecule has 1 heterocycles. The maximum atomic E-state index is 13.6. The second-order valence-corrected chi connectivity index (χ2v) is 3.96. The lowest BCUT2D eigenvalue weighted by atomic mass is 9.91. The van der Waals surface area contributed by atoms with Crippen molar-refractivity contribution in [2.24, 2.45) is 0 Å². The summed E-state index contributed by atoms with van der Waals surface area (Å²) in [7, 11) is 0. The molecular weight excluding hydrogens is 226 g/mol. The summed E-state index contributed by atoms with van der Waals surface area (Å²) in [5.41, 5.74) is 0. The molecule has 1 aliphatic carbocycles. The van der Waals surface area contributed by atoms with E-state index in [4.69, 9.17) is 11.6 Å². The number of alkyl halides is 3. The van der Waals surface area contributed by atoms with E-state index < -0.39 is 12.0 Å². The fraction of sp³-hybridized carbons (Fsp3) is 0.875. The van der Waals surface area contributed by atoms with Crippen LogP contribution in [0.4, 0.5) is 8.78 Å². The Kier molecular flexibility index (Phi) is 2.86. The van der Waals surface area contributed by atoms with Gasteiger partial charge in [0.05, 0.1) is 5.88 Å². The third kappa shape index (κ3) is 1.95. The van der Waals surface area contributed by atoms with Crippen LogP contribution in [-0.4, -0.2) is 26.1 Å². The van der Waals surface area contributed by atoms with Gasteiger partial charge in [-0.15, -0.1) is 16.7 Å². The van der Waals surface area contributed by atoms with E-state index in [-0.39, 0.29) is 12.3 Å². The van der Waals surface area contributed by atoms with Crippen molar-refractivity contribution in [3.8, 4) is 0 Å². The number of aromatic nitrogens is 4. The lowest BCUT2D eigenvalue weighted by Crippen LogP contribution is -2.35. The lowest BCUT2D eigenvalue weighted by Gasteiger charge is -2.31. The average molecular weight is 237 g/mol. The van der Waals surface area contributed by atoms with E-state index in [0.717, 1.165) is 6.42 Å². The second kappa shape index (κ2) is 4.00. The summed E-state index contributed by atoms with van der Waals surface area (Å²) in [6.07, 6.45) is 1.64. The molecule has 0 N–H and O–H groups in total. The molecule has 1 fully saturated rings. The maximum absolute atomic E-state index is 13.6. The highest BCUT2D eigenvalue weighted by atomic mass is 35.5. The van der Waals surface area contributed by atoms with Gasteiger partial charge in [0.25, 0.3) is 5.92 Å². The third-order valence-corrected chi connectivity index (χ3v) is 2.94. The molecule has 1 aliphatic rings. The van der Waals surface area contributed by atoms with Gasteiger partial charge in [-0.25, -0.2) is 13.5 Å². The lowest BCUT2D eigenvalue weighted by molar-refractivity contribution is -0.0830. The molecule has 0 bridgehead atoms. The van der Waals surface area contributed by atoms with E-state index in [1.165, 1.54) is 4.68 Å². The predicted molar refractivity (Wildman–Crippen MR) is 49.8 cm³/mol. The van der Waals surface area contributed by atoms with Crippen molar-refractivity contribution in [2.75, 3.05) is 0 Å². The maximum Gasteiger partial charge on any atom is 0.270 e. The third-order valence-electron chi connectivity index (χ3n) is 2.70. The summed E-state index contributed by atoms with van der Waals surface area (Å²) >= 11 is 5.58. The minimum Gasteiger partial charge on any atom is -0.219 e. The first-order valence-electron chi connectivity index (χ1n) is 4.85. The minimum absolute atomic E-state index is 0.0551. The molecule has 0 radical (unpaired) electrons. The number of hydrogen-bond acceptors (Lipinski definition) is 3. The van der Waals surface area contributed by atoms with Crippen LogP contribution in [0.1, 0.15) is 37.5 Å². The van der Waals surface area contributed by atoms with Gasteiger partial charge in [-0.3, -0.25) is 0 Å². The van der Waals surface area contributed by atoms with E-state index in [1.54, 1.807) is 0 Å². The van der Waals surface area contributed by atoms with Crippen molar-refractivity contribution in [1.82, 2.24) is 20.2 Å². The van der Waals surface area contributed by atoms with Crippen molar-refractivity contribution >= 4 is 11.6 Å². The second-order valence-electron chi connectivity index (χ2n) is 3.70. The molecule has 0 aromatic carbocycles. The monoisotopic (exact) mass is 236 g/mol. The molecule has 1 atom stereocenters. The Hall–Kier alpha value is -0.780. The number of halogens is 3. The van der Waals surface area contributed by atoms with Crippen LogP contribution < -0.4 is 0 Å². The van der Waals surface area contributed by atoms with Crippen molar-refractivity contribution in [3.63, 3.8) is 0 Å². The van der Waals surface area contributed by atoms with E-state index in [2.05, 4.69) is 15.5 Å². The predicted octanol–water partition coefficient (Wildman–Crippen LogP) is 2.16. The molecule has 7 heteroatoms. The van der Waals surface area contributed by atoms with Crippen LogP contribution in [0.25, 0.3) is 0 Å². The van der Waals surface area contributed by atoms with Crippen LogP contribution in [0.2, 0.25) is 0 Å². The zero-order valence-corrected chi connectivity index (χ0v) is 8.79. The van der Waals surface area contributed by atoms with Gasteiger partial charge in [-0.2, -0.15) is 0 Å². The Morgan fingerprint density at radius 2 is 2.27 bits per heavy atom. The van der Waals surface area contributed by atoms with E-state index >= 15 is 0 Å². The molecule has 0 spiro atoms. The van der Waals surface area contributed by atoms with E-state index in [1.807, 2.05) is 0 Å². The van der Waals surface area contributed by atoms with Crippen molar-refractivity contribution in [3.05, 3.63) is 5.82 Å². The van der Waals surface area contributed by atoms with Crippen molar-refractivity contribution < 1.29 is 8.78 Å². The highest BCUT2D eigenvalue weighted by Gasteiger charge is 2.44. The number of nitrogens with zero attached hydrogens (tertiary/aromatic N) is 4. The number of tetrazole rings is 1. The molecule has 1 aromatic heterocycles. The largest absolute Gasteiger partial charge is 0.270 e. The van der Waals surface area contributed by atoms with Crippen molar-refractivity contribution in [2.45, 2.75) is 43.5 Å². The molecule has 15 heavy (non-hydrogen) atoms. The molecule has 1 unspecified atom stereocenters. The highest BCUT2D eigenvalue weighted by molar-refractivity contribution is 6.16. The van der Waals surface area contributed by atoms with Crippen LogP contribution in [-0.2, 0) is 5.88 Å². The summed E-state index contributed by atoms with van der Waals surface area (Å²) in [5, 5.41) is 10.6. The topological polar surface area (TPSA) is 43.6 Å². The Labute approximate surface area is 90.6 Å². The molecule has 0 amide bonds. The van der Waals surface area contributed by atoms with Crippen LogP contribution >= 0.6 is 11.6 Å². The van der Waals surface area contributed by atoms with Gasteiger partial charge in [0, 0.05) is 6.42 Å². The molecule has 84 valence electrons. The van der Waals surface area contributed by atoms with Gasteiger partial charge in [0.1, 0.15) is 6.04 Å². The standard InChI is InChI=1S/C8H11ClF2N4/c9-5-7-12-13-14-15(7)6-3-1-2-4-8(6,10)11/h6H,1-5H2. The number of hydrogen-bond donors (Lipinski definition) is 0. The fourth-order valence-electron chi connectivity index (χ4n) is 1.92. The summed E-state index contributed by atoms with van der Waals surface area (Å²) < 4.78 is 28.4. The van der Waals surface area contributed by atoms with E-state index in [9.17, 15) is 8.78 Å². The van der Waals surface area contributed by atoms with Gasteiger partial charge in [0.2, 0.25) is 0 Å². The van der Waals surface area contributed by atoms with Gasteiger partial charge >= 0.3 is 0 Å². The fourth-order valence-corrected chi connectivity index (χ4v) is 2.10. The smallest absolute Gasteiger partial charge is 0.219 e. The van der Waals surface area contributed by atoms with Crippen molar-refractivity contribution in [1.29, 1.82) is 0 Å². The summed E-state index contributed by atoms with van der Waals surface area (Å²) in [6, 6.07) is -0.935. The normalized spacial score (nSPS) is 25.4. The Balaban J connectivity index is 2.28. The Morgan fingerprint density at radius 1 is 1.47 bits per heavy atom.